The van der Waals surface area contributed by atoms with Gasteiger partial charge in [-0.25, -0.2) is 13.2 Å². The smallest absolute Gasteiger partial charge is 0.330 e. The van der Waals surface area contributed by atoms with Gasteiger partial charge in [0.15, 0.2) is 5.76 Å². The molecule has 27 heavy (non-hydrogen) atoms. The number of nitrogens with zero attached hydrogens (tertiary/aromatic N) is 5. The van der Waals surface area contributed by atoms with Crippen molar-refractivity contribution in [3.63, 3.8) is 0 Å². The second-order valence-electron chi connectivity index (χ2n) is 6.68. The molecule has 0 radical (unpaired) electrons. The summed E-state index contributed by atoms with van der Waals surface area (Å²) in [5.41, 5.74) is 0.551. The highest BCUT2D eigenvalue weighted by Crippen LogP contribution is 2.25. The van der Waals surface area contributed by atoms with Crippen molar-refractivity contribution in [2.75, 3.05) is 31.1 Å². The molecule has 0 aliphatic carbocycles. The van der Waals surface area contributed by atoms with Crippen molar-refractivity contribution in [2.45, 2.75) is 25.7 Å². The highest BCUT2D eigenvalue weighted by Gasteiger charge is 2.34. The van der Waals surface area contributed by atoms with E-state index in [1.807, 2.05) is 4.90 Å². The Balaban J connectivity index is 1.89. The molecule has 2 aromatic heterocycles. The van der Waals surface area contributed by atoms with Gasteiger partial charge in [0.25, 0.3) is 5.56 Å². The normalized spacial score (nSPS) is 16.1. The molecular formula is C16H23N5O5S. The first-order valence-corrected chi connectivity index (χ1v) is 9.96. The van der Waals surface area contributed by atoms with E-state index >= 15 is 0 Å². The summed E-state index contributed by atoms with van der Waals surface area (Å²) >= 11 is 0. The van der Waals surface area contributed by atoms with Crippen LogP contribution in [-0.4, -0.2) is 53.2 Å². The molecule has 1 aliphatic rings. The largest absolute Gasteiger partial charge is 0.363 e. The minimum absolute atomic E-state index is 0.102. The Hall–Kier alpha value is -2.40. The Morgan fingerprint density at radius 1 is 0.963 bits per heavy atom. The van der Waals surface area contributed by atoms with Crippen molar-refractivity contribution in [3.05, 3.63) is 38.0 Å². The molecule has 11 heteroatoms. The first-order valence-electron chi connectivity index (χ1n) is 8.52. The third-order valence-corrected chi connectivity index (χ3v) is 7.19. The van der Waals surface area contributed by atoms with Crippen LogP contribution in [0.5, 0.6) is 0 Å². The molecule has 0 N–H and O–H groups in total. The van der Waals surface area contributed by atoms with Gasteiger partial charge in [0.2, 0.25) is 10.0 Å². The van der Waals surface area contributed by atoms with Crippen LogP contribution in [0.4, 0.5) is 5.69 Å². The number of hydrogen-bond donors (Lipinski definition) is 0. The quantitative estimate of drug-likeness (QED) is 0.687. The highest BCUT2D eigenvalue weighted by atomic mass is 32.2. The van der Waals surface area contributed by atoms with E-state index in [0.717, 1.165) is 4.57 Å². The van der Waals surface area contributed by atoms with Gasteiger partial charge in [0, 0.05) is 46.0 Å². The summed E-state index contributed by atoms with van der Waals surface area (Å²) in [6.07, 6.45) is 0. The van der Waals surface area contributed by atoms with E-state index < -0.39 is 10.0 Å². The molecule has 0 aromatic carbocycles. The maximum Gasteiger partial charge on any atom is 0.330 e. The van der Waals surface area contributed by atoms with E-state index in [0.29, 0.717) is 30.2 Å². The lowest BCUT2D eigenvalue weighted by molar-refractivity contribution is 0.377. The summed E-state index contributed by atoms with van der Waals surface area (Å²) in [4.78, 5) is 26.5. The number of anilines is 1. The van der Waals surface area contributed by atoms with Crippen LogP contribution in [0.25, 0.3) is 0 Å². The first kappa shape index (κ1) is 19.4. The molecule has 0 amide bonds. The van der Waals surface area contributed by atoms with E-state index in [9.17, 15) is 18.0 Å². The third kappa shape index (κ3) is 3.00. The Kier molecular flexibility index (Phi) is 4.76. The number of hydrogen-bond acceptors (Lipinski definition) is 7. The summed E-state index contributed by atoms with van der Waals surface area (Å²) in [5, 5.41) is 3.72. The fraction of sp³-hybridized carbons (Fsp3) is 0.562. The molecule has 3 heterocycles. The van der Waals surface area contributed by atoms with Gasteiger partial charge < -0.3 is 9.42 Å². The fourth-order valence-electron chi connectivity index (χ4n) is 3.42. The Labute approximate surface area is 156 Å². The van der Waals surface area contributed by atoms with Crippen LogP contribution in [0.3, 0.4) is 0 Å². The number of rotatable bonds is 3. The molecule has 0 spiro atoms. The van der Waals surface area contributed by atoms with Crippen LogP contribution in [0, 0.1) is 20.8 Å². The molecule has 1 fully saturated rings. The van der Waals surface area contributed by atoms with Crippen LogP contribution < -0.4 is 16.1 Å². The van der Waals surface area contributed by atoms with Crippen molar-refractivity contribution in [2.24, 2.45) is 14.1 Å². The Bertz CT molecular complexity index is 1080. The number of aromatic nitrogens is 3. The predicted octanol–water partition coefficient (Wildman–Crippen LogP) is -0.492. The van der Waals surface area contributed by atoms with Crippen LogP contribution in [0.1, 0.15) is 17.1 Å². The van der Waals surface area contributed by atoms with Gasteiger partial charge in [0.1, 0.15) is 16.3 Å². The second-order valence-corrected chi connectivity index (χ2v) is 8.56. The van der Waals surface area contributed by atoms with Crippen molar-refractivity contribution in [1.29, 1.82) is 0 Å². The van der Waals surface area contributed by atoms with Gasteiger partial charge in [-0.3, -0.25) is 13.9 Å². The standard InChI is InChI=1S/C16H23N5O5S/c1-10-14(12(3)26-17-10)27(24,25)21-8-6-20(7-9-21)13-11(2)18(4)16(23)19(5)15(13)22/h6-9H2,1-5H3. The average molecular weight is 397 g/mol. The van der Waals surface area contributed by atoms with Crippen LogP contribution in [-0.2, 0) is 24.1 Å². The van der Waals surface area contributed by atoms with Crippen LogP contribution in [0.2, 0.25) is 0 Å². The van der Waals surface area contributed by atoms with Gasteiger partial charge in [-0.1, -0.05) is 5.16 Å². The lowest BCUT2D eigenvalue weighted by atomic mass is 10.2. The molecule has 0 unspecified atom stereocenters. The molecule has 2 aromatic rings. The molecule has 0 saturated carbocycles. The highest BCUT2D eigenvalue weighted by molar-refractivity contribution is 7.89. The molecule has 1 aliphatic heterocycles. The summed E-state index contributed by atoms with van der Waals surface area (Å²) in [6.45, 7) is 6.01. The van der Waals surface area contributed by atoms with E-state index in [2.05, 4.69) is 5.16 Å². The second kappa shape index (κ2) is 6.64. The average Bonchev–Trinajstić information content (AvgIpc) is 2.98. The fourth-order valence-corrected chi connectivity index (χ4v) is 5.13. The van der Waals surface area contributed by atoms with Crippen LogP contribution >= 0.6 is 0 Å². The number of aryl methyl sites for hydroxylation is 2. The maximum absolute atomic E-state index is 12.9. The summed E-state index contributed by atoms with van der Waals surface area (Å²) in [5.74, 6) is 0.262. The van der Waals surface area contributed by atoms with Gasteiger partial charge in [0.05, 0.1) is 0 Å². The summed E-state index contributed by atoms with van der Waals surface area (Å²) in [6, 6.07) is 0. The topological polar surface area (TPSA) is 111 Å². The monoisotopic (exact) mass is 397 g/mol. The molecule has 148 valence electrons. The summed E-state index contributed by atoms with van der Waals surface area (Å²) < 4.78 is 34.7. The number of sulfonamides is 1. The van der Waals surface area contributed by atoms with Gasteiger partial charge in [-0.05, 0) is 20.8 Å². The first-order chi connectivity index (χ1) is 12.6. The van der Waals surface area contributed by atoms with Gasteiger partial charge in [-0.2, -0.15) is 4.31 Å². The zero-order valence-electron chi connectivity index (χ0n) is 16.0. The zero-order valence-corrected chi connectivity index (χ0v) is 16.8. The molecule has 3 rings (SSSR count). The lowest BCUT2D eigenvalue weighted by Crippen LogP contribution is -2.52. The molecule has 10 nitrogen and oxygen atoms in total. The minimum Gasteiger partial charge on any atom is -0.363 e. The van der Waals surface area contributed by atoms with Crippen molar-refractivity contribution < 1.29 is 12.9 Å². The predicted molar refractivity (Wildman–Crippen MR) is 98.6 cm³/mol. The zero-order chi connectivity index (χ0) is 20.1. The number of piperazine rings is 1. The van der Waals surface area contributed by atoms with E-state index in [-0.39, 0.29) is 35.0 Å². The van der Waals surface area contributed by atoms with Crippen molar-refractivity contribution in [1.82, 2.24) is 18.6 Å². The molecule has 0 bridgehead atoms. The third-order valence-electron chi connectivity index (χ3n) is 5.05. The molecule has 1 saturated heterocycles. The molecule has 0 atom stereocenters. The van der Waals surface area contributed by atoms with Gasteiger partial charge >= 0.3 is 5.69 Å². The van der Waals surface area contributed by atoms with Crippen molar-refractivity contribution >= 4 is 15.7 Å². The maximum atomic E-state index is 12.9. The van der Waals surface area contributed by atoms with E-state index in [1.165, 1.54) is 15.9 Å². The molecular weight excluding hydrogens is 374 g/mol. The lowest BCUT2D eigenvalue weighted by Gasteiger charge is -2.35. The van der Waals surface area contributed by atoms with Crippen LogP contribution in [0.15, 0.2) is 19.0 Å². The Morgan fingerprint density at radius 3 is 2.07 bits per heavy atom. The van der Waals surface area contributed by atoms with E-state index in [4.69, 9.17) is 4.52 Å². The minimum atomic E-state index is -3.72. The SMILES string of the molecule is Cc1noc(C)c1S(=O)(=O)N1CCN(c2c(C)n(C)c(=O)n(C)c2=O)CC1. The van der Waals surface area contributed by atoms with E-state index in [1.54, 1.807) is 27.8 Å². The van der Waals surface area contributed by atoms with Gasteiger partial charge in [-0.15, -0.1) is 0 Å². The summed E-state index contributed by atoms with van der Waals surface area (Å²) in [7, 11) is -0.671. The Morgan fingerprint density at radius 2 is 1.56 bits per heavy atom. The van der Waals surface area contributed by atoms with Crippen molar-refractivity contribution in [3.8, 4) is 0 Å².